The number of Topliss-reactive ketones (excluding diaryl/α,β-unsaturated/α-hetero) is 2. The van der Waals surface area contributed by atoms with Crippen LogP contribution >= 0.6 is 0 Å². The van der Waals surface area contributed by atoms with Crippen LogP contribution in [0.3, 0.4) is 0 Å². The number of carbonyl (C=O) groups excluding carboxylic acids is 2. The summed E-state index contributed by atoms with van der Waals surface area (Å²) in [5.74, 6) is -2.61. The summed E-state index contributed by atoms with van der Waals surface area (Å²) in [7, 11) is 0. The fourth-order valence-electron chi connectivity index (χ4n) is 8.83. The van der Waals surface area contributed by atoms with Crippen LogP contribution in [-0.2, 0) is 19.1 Å². The van der Waals surface area contributed by atoms with E-state index < -0.39 is 76.9 Å². The monoisotopic (exact) mass is 470 g/mol. The van der Waals surface area contributed by atoms with Crippen molar-refractivity contribution < 1.29 is 38.1 Å². The summed E-state index contributed by atoms with van der Waals surface area (Å²) >= 11 is 0. The standard InChI is InChI=1S/C25H36F2O6/c1-4-5-21-32-20-10-14-15-9-17(26)16-8-13(29)6-7-22(16,2)24(15,27)18(30)11-23(14,3)25(20,33-21)19(31)12-28/h14-18,20-21,28,30H,4-12H2,1-3H3/t14?,15?,16?,17?,18?,20?,21?,22-,23-,24?,25+/m0/s1. The number of ketones is 2. The number of hydrogen-bond acceptors (Lipinski definition) is 6. The van der Waals surface area contributed by atoms with Gasteiger partial charge in [0.05, 0.1) is 12.2 Å². The van der Waals surface area contributed by atoms with Gasteiger partial charge in [0.25, 0.3) is 0 Å². The fraction of sp³-hybridized carbons (Fsp3) is 0.920. The first-order chi connectivity index (χ1) is 15.5. The zero-order chi connectivity index (χ0) is 24.0. The third kappa shape index (κ3) is 2.72. The first-order valence-electron chi connectivity index (χ1n) is 12.5. The van der Waals surface area contributed by atoms with Crippen LogP contribution in [0, 0.1) is 28.6 Å². The van der Waals surface area contributed by atoms with Gasteiger partial charge in [0.1, 0.15) is 24.2 Å². The number of ether oxygens (including phenoxy) is 2. The van der Waals surface area contributed by atoms with Gasteiger partial charge in [-0.1, -0.05) is 27.2 Å². The molecule has 2 N–H and O–H groups in total. The Bertz CT molecular complexity index is 853. The Kier molecular flexibility index (Phi) is 5.41. The van der Waals surface area contributed by atoms with Crippen molar-refractivity contribution in [2.75, 3.05) is 6.61 Å². The van der Waals surface area contributed by atoms with Crippen molar-refractivity contribution in [3.63, 3.8) is 0 Å². The molecular formula is C25H36F2O6. The minimum Gasteiger partial charge on any atom is -0.390 e. The minimum atomic E-state index is -2.07. The lowest BCUT2D eigenvalue weighted by Crippen LogP contribution is -2.73. The van der Waals surface area contributed by atoms with E-state index in [1.807, 2.05) is 13.8 Å². The SMILES string of the molecule is CCCC1OC2CC3C4CC(F)C5CC(=O)CC[C@]5(C)C4(F)C(O)C[C@]3(C)[C@]2(C(=O)CO)O1. The van der Waals surface area contributed by atoms with Crippen molar-refractivity contribution in [1.29, 1.82) is 0 Å². The van der Waals surface area contributed by atoms with E-state index >= 15 is 8.78 Å². The van der Waals surface area contributed by atoms with E-state index in [1.165, 1.54) is 0 Å². The van der Waals surface area contributed by atoms with Crippen LogP contribution in [0.2, 0.25) is 0 Å². The predicted octanol–water partition coefficient (Wildman–Crippen LogP) is 3.06. The number of fused-ring (bicyclic) bond motifs is 7. The Morgan fingerprint density at radius 3 is 2.58 bits per heavy atom. The van der Waals surface area contributed by atoms with E-state index in [-0.39, 0.29) is 37.9 Å². The van der Waals surface area contributed by atoms with Gasteiger partial charge in [0, 0.05) is 35.5 Å². The summed E-state index contributed by atoms with van der Waals surface area (Å²) in [6.07, 6.45) is -2.13. The molecule has 186 valence electrons. The van der Waals surface area contributed by atoms with Crippen molar-refractivity contribution in [3.05, 3.63) is 0 Å². The Morgan fingerprint density at radius 2 is 1.91 bits per heavy atom. The average Bonchev–Trinajstić information content (AvgIpc) is 3.24. The zero-order valence-electron chi connectivity index (χ0n) is 19.7. The van der Waals surface area contributed by atoms with Crippen LogP contribution in [0.1, 0.15) is 72.1 Å². The van der Waals surface area contributed by atoms with Crippen LogP contribution in [-0.4, -0.2) is 64.3 Å². The van der Waals surface area contributed by atoms with E-state index in [9.17, 15) is 19.8 Å². The van der Waals surface area contributed by atoms with Crippen molar-refractivity contribution in [1.82, 2.24) is 0 Å². The summed E-state index contributed by atoms with van der Waals surface area (Å²) in [6.45, 7) is 4.75. The maximum Gasteiger partial charge on any atom is 0.193 e. The van der Waals surface area contributed by atoms with E-state index in [1.54, 1.807) is 6.92 Å². The van der Waals surface area contributed by atoms with E-state index in [0.29, 0.717) is 12.8 Å². The van der Waals surface area contributed by atoms with Gasteiger partial charge in [-0.2, -0.15) is 0 Å². The van der Waals surface area contributed by atoms with Crippen LogP contribution in [0.4, 0.5) is 8.78 Å². The number of halogens is 2. The molecule has 0 spiro atoms. The molecule has 11 atom stereocenters. The molecule has 5 aliphatic rings. The van der Waals surface area contributed by atoms with Crippen molar-refractivity contribution in [3.8, 4) is 0 Å². The summed E-state index contributed by atoms with van der Waals surface area (Å²) < 4.78 is 45.3. The molecule has 1 heterocycles. The number of hydrogen-bond donors (Lipinski definition) is 2. The molecule has 33 heavy (non-hydrogen) atoms. The second-order valence-corrected chi connectivity index (χ2v) is 11.7. The lowest BCUT2D eigenvalue weighted by Gasteiger charge is -2.65. The van der Waals surface area contributed by atoms with Gasteiger partial charge >= 0.3 is 0 Å². The Labute approximate surface area is 193 Å². The maximum atomic E-state index is 17.3. The van der Waals surface area contributed by atoms with Crippen molar-refractivity contribution >= 4 is 11.6 Å². The molecule has 4 aliphatic carbocycles. The van der Waals surface area contributed by atoms with Gasteiger partial charge in [-0.15, -0.1) is 0 Å². The third-order valence-electron chi connectivity index (χ3n) is 10.4. The van der Waals surface area contributed by atoms with Gasteiger partial charge in [-0.25, -0.2) is 8.78 Å². The van der Waals surface area contributed by atoms with Gasteiger partial charge in [0.15, 0.2) is 17.7 Å². The van der Waals surface area contributed by atoms with Crippen LogP contribution in [0.15, 0.2) is 0 Å². The molecule has 8 unspecified atom stereocenters. The van der Waals surface area contributed by atoms with Gasteiger partial charge in [-0.05, 0) is 38.0 Å². The Balaban J connectivity index is 1.59. The minimum absolute atomic E-state index is 0.00515. The average molecular weight is 471 g/mol. The lowest BCUT2D eigenvalue weighted by molar-refractivity contribution is -0.270. The molecule has 0 bridgehead atoms. The maximum absolute atomic E-state index is 17.3. The number of rotatable bonds is 4. The van der Waals surface area contributed by atoms with Crippen molar-refractivity contribution in [2.45, 2.75) is 108 Å². The van der Waals surface area contributed by atoms with Crippen LogP contribution in [0.25, 0.3) is 0 Å². The molecule has 0 aromatic rings. The molecule has 1 saturated heterocycles. The smallest absolute Gasteiger partial charge is 0.193 e. The number of aliphatic hydroxyl groups is 2. The van der Waals surface area contributed by atoms with E-state index in [2.05, 4.69) is 0 Å². The third-order valence-corrected chi connectivity index (χ3v) is 10.4. The molecule has 0 radical (unpaired) electrons. The molecular weight excluding hydrogens is 434 g/mol. The number of carbonyl (C=O) groups is 2. The largest absolute Gasteiger partial charge is 0.390 e. The normalized spacial score (nSPS) is 55.5. The highest BCUT2D eigenvalue weighted by molar-refractivity contribution is 5.91. The highest BCUT2D eigenvalue weighted by Gasteiger charge is 2.80. The van der Waals surface area contributed by atoms with E-state index in [0.717, 1.165) is 6.42 Å². The molecule has 0 amide bonds. The molecule has 1 aliphatic heterocycles. The number of alkyl halides is 2. The van der Waals surface area contributed by atoms with Gasteiger partial charge in [-0.3, -0.25) is 9.59 Å². The molecule has 0 aromatic carbocycles. The first-order valence-corrected chi connectivity index (χ1v) is 12.5. The Hall–Kier alpha value is -0.960. The first kappa shape index (κ1) is 23.8. The fourth-order valence-corrected chi connectivity index (χ4v) is 8.83. The molecule has 5 rings (SSSR count). The van der Waals surface area contributed by atoms with Crippen LogP contribution in [0.5, 0.6) is 0 Å². The quantitative estimate of drug-likeness (QED) is 0.656. The summed E-state index contributed by atoms with van der Waals surface area (Å²) in [4.78, 5) is 25.3. The topological polar surface area (TPSA) is 93.1 Å². The molecule has 4 saturated carbocycles. The van der Waals surface area contributed by atoms with Gasteiger partial charge < -0.3 is 19.7 Å². The molecule has 0 aromatic heterocycles. The predicted molar refractivity (Wildman–Crippen MR) is 114 cm³/mol. The lowest BCUT2D eigenvalue weighted by atomic mass is 9.41. The number of aliphatic hydroxyl groups excluding tert-OH is 2. The van der Waals surface area contributed by atoms with E-state index in [4.69, 9.17) is 9.47 Å². The molecule has 5 fully saturated rings. The Morgan fingerprint density at radius 1 is 1.18 bits per heavy atom. The second-order valence-electron chi connectivity index (χ2n) is 11.7. The zero-order valence-corrected chi connectivity index (χ0v) is 19.7. The molecule has 8 heteroatoms. The van der Waals surface area contributed by atoms with Crippen LogP contribution < -0.4 is 0 Å². The summed E-state index contributed by atoms with van der Waals surface area (Å²) in [5.41, 5.74) is -5.73. The van der Waals surface area contributed by atoms with Crippen molar-refractivity contribution in [2.24, 2.45) is 28.6 Å². The highest BCUT2D eigenvalue weighted by atomic mass is 19.1. The second kappa shape index (κ2) is 7.52. The van der Waals surface area contributed by atoms with Gasteiger partial charge in [0.2, 0.25) is 0 Å². The molecule has 6 nitrogen and oxygen atoms in total. The summed E-state index contributed by atoms with van der Waals surface area (Å²) in [6, 6.07) is 0. The highest BCUT2D eigenvalue weighted by Crippen LogP contribution is 2.73. The summed E-state index contributed by atoms with van der Waals surface area (Å²) in [5, 5.41) is 21.3.